The van der Waals surface area contributed by atoms with E-state index in [0.29, 0.717) is 12.5 Å². The van der Waals surface area contributed by atoms with E-state index in [0.717, 1.165) is 45.2 Å². The number of amides is 1. The first kappa shape index (κ1) is 19.6. The lowest BCUT2D eigenvalue weighted by molar-refractivity contribution is -0.122. The molecule has 0 aliphatic heterocycles. The van der Waals surface area contributed by atoms with E-state index in [4.69, 9.17) is 0 Å². The number of hydrogen-bond donors (Lipinski definition) is 1. The molecule has 0 heterocycles. The molecule has 1 aliphatic rings. The van der Waals surface area contributed by atoms with E-state index in [9.17, 15) is 4.79 Å². The molecule has 0 bridgehead atoms. The maximum absolute atomic E-state index is 12.5. The van der Waals surface area contributed by atoms with Crippen LogP contribution in [-0.4, -0.2) is 22.9 Å². The van der Waals surface area contributed by atoms with Crippen LogP contribution in [0.15, 0.2) is 60.7 Å². The predicted octanol–water partition coefficient (Wildman–Crippen LogP) is 4.92. The zero-order valence-electron chi connectivity index (χ0n) is 16.4. The summed E-state index contributed by atoms with van der Waals surface area (Å²) >= 11 is 0. The summed E-state index contributed by atoms with van der Waals surface area (Å²) in [6.07, 6.45) is 6.25. The number of rotatable bonds is 11. The zero-order chi connectivity index (χ0) is 18.9. The standard InChI is InChI=1S/C24H32N2O/c1-2-3-14-23(17-24(27)25-22-15-16-22)26(18-20-10-6-4-7-11-20)19-21-12-8-5-9-13-21/h4-13,22-23H,2-3,14-19H2,1H3,(H,25,27). The van der Waals surface area contributed by atoms with Crippen molar-refractivity contribution >= 4 is 5.91 Å². The molecule has 1 fully saturated rings. The van der Waals surface area contributed by atoms with E-state index in [1.165, 1.54) is 11.1 Å². The maximum Gasteiger partial charge on any atom is 0.221 e. The molecule has 1 unspecified atom stereocenters. The summed E-state index contributed by atoms with van der Waals surface area (Å²) in [5.41, 5.74) is 2.61. The molecule has 144 valence electrons. The van der Waals surface area contributed by atoms with Crippen LogP contribution in [0.25, 0.3) is 0 Å². The molecule has 1 aliphatic carbocycles. The fourth-order valence-electron chi connectivity index (χ4n) is 3.53. The van der Waals surface area contributed by atoms with Crippen LogP contribution in [0, 0.1) is 0 Å². The lowest BCUT2D eigenvalue weighted by atomic mass is 10.0. The van der Waals surface area contributed by atoms with Crippen molar-refractivity contribution in [2.75, 3.05) is 0 Å². The Morgan fingerprint density at radius 1 is 1.00 bits per heavy atom. The fourth-order valence-corrected chi connectivity index (χ4v) is 3.53. The molecule has 3 nitrogen and oxygen atoms in total. The highest BCUT2D eigenvalue weighted by atomic mass is 16.1. The minimum atomic E-state index is 0.213. The van der Waals surface area contributed by atoms with Gasteiger partial charge in [-0.3, -0.25) is 9.69 Å². The zero-order valence-corrected chi connectivity index (χ0v) is 16.4. The van der Waals surface area contributed by atoms with E-state index in [2.05, 4.69) is 77.8 Å². The summed E-state index contributed by atoms with van der Waals surface area (Å²) in [5, 5.41) is 3.18. The van der Waals surface area contributed by atoms with Crippen LogP contribution >= 0.6 is 0 Å². The van der Waals surface area contributed by atoms with Crippen LogP contribution in [-0.2, 0) is 17.9 Å². The number of hydrogen-bond acceptors (Lipinski definition) is 2. The van der Waals surface area contributed by atoms with Crippen LogP contribution in [0.4, 0.5) is 0 Å². The fraction of sp³-hybridized carbons (Fsp3) is 0.458. The molecule has 2 aromatic rings. The lowest BCUT2D eigenvalue weighted by Crippen LogP contribution is -2.39. The minimum Gasteiger partial charge on any atom is -0.353 e. The van der Waals surface area contributed by atoms with Gasteiger partial charge >= 0.3 is 0 Å². The van der Waals surface area contributed by atoms with Crippen molar-refractivity contribution in [3.05, 3.63) is 71.8 Å². The molecule has 0 spiro atoms. The van der Waals surface area contributed by atoms with Crippen LogP contribution in [0.1, 0.15) is 56.6 Å². The Labute approximate surface area is 163 Å². The molecule has 2 aromatic carbocycles. The van der Waals surface area contributed by atoms with Crippen LogP contribution < -0.4 is 5.32 Å². The Hall–Kier alpha value is -2.13. The molecule has 1 saturated carbocycles. The Morgan fingerprint density at radius 2 is 1.56 bits per heavy atom. The highest BCUT2D eigenvalue weighted by Crippen LogP contribution is 2.22. The molecular formula is C24H32N2O. The molecule has 1 amide bonds. The first-order valence-electron chi connectivity index (χ1n) is 10.4. The number of unbranched alkanes of at least 4 members (excludes halogenated alkanes) is 1. The molecule has 0 aromatic heterocycles. The van der Waals surface area contributed by atoms with Gasteiger partial charge in [-0.25, -0.2) is 0 Å². The topological polar surface area (TPSA) is 32.3 Å². The van der Waals surface area contributed by atoms with Gasteiger partial charge in [-0.1, -0.05) is 80.4 Å². The largest absolute Gasteiger partial charge is 0.353 e. The van der Waals surface area contributed by atoms with Gasteiger partial charge in [0.25, 0.3) is 0 Å². The first-order valence-corrected chi connectivity index (χ1v) is 10.4. The Kier molecular flexibility index (Phi) is 7.46. The second kappa shape index (κ2) is 10.3. The van der Waals surface area contributed by atoms with Crippen LogP contribution in [0.2, 0.25) is 0 Å². The van der Waals surface area contributed by atoms with Gasteiger partial charge in [0, 0.05) is 31.6 Å². The van der Waals surface area contributed by atoms with Gasteiger partial charge < -0.3 is 5.32 Å². The second-order valence-corrected chi connectivity index (χ2v) is 7.72. The summed E-state index contributed by atoms with van der Waals surface area (Å²) in [4.78, 5) is 15.0. The second-order valence-electron chi connectivity index (χ2n) is 7.72. The monoisotopic (exact) mass is 364 g/mol. The number of nitrogens with zero attached hydrogens (tertiary/aromatic N) is 1. The minimum absolute atomic E-state index is 0.213. The van der Waals surface area contributed by atoms with E-state index in [-0.39, 0.29) is 11.9 Å². The Balaban J connectivity index is 1.74. The average molecular weight is 365 g/mol. The summed E-state index contributed by atoms with van der Waals surface area (Å²) in [5.74, 6) is 0.213. The third-order valence-corrected chi connectivity index (χ3v) is 5.23. The van der Waals surface area contributed by atoms with Crippen LogP contribution in [0.3, 0.4) is 0 Å². The summed E-state index contributed by atoms with van der Waals surface area (Å²) in [6.45, 7) is 3.97. The molecule has 0 saturated heterocycles. The summed E-state index contributed by atoms with van der Waals surface area (Å²) < 4.78 is 0. The number of benzene rings is 2. The molecule has 1 atom stereocenters. The van der Waals surface area contributed by atoms with Gasteiger partial charge in [-0.05, 0) is 30.4 Å². The third kappa shape index (κ3) is 6.84. The Morgan fingerprint density at radius 3 is 2.04 bits per heavy atom. The predicted molar refractivity (Wildman–Crippen MR) is 111 cm³/mol. The first-order chi connectivity index (χ1) is 13.2. The van der Waals surface area contributed by atoms with Crippen molar-refractivity contribution in [2.45, 2.75) is 70.6 Å². The normalized spacial score (nSPS) is 14.9. The van der Waals surface area contributed by atoms with Crippen molar-refractivity contribution in [2.24, 2.45) is 0 Å². The number of carbonyl (C=O) groups is 1. The number of carbonyl (C=O) groups excluding carboxylic acids is 1. The molecule has 1 N–H and O–H groups in total. The molecule has 3 rings (SSSR count). The van der Waals surface area contributed by atoms with Crippen molar-refractivity contribution in [1.82, 2.24) is 10.2 Å². The van der Waals surface area contributed by atoms with Gasteiger partial charge in [0.05, 0.1) is 0 Å². The average Bonchev–Trinajstić information content (AvgIpc) is 3.50. The molecule has 0 radical (unpaired) electrons. The maximum atomic E-state index is 12.5. The molecule has 27 heavy (non-hydrogen) atoms. The van der Waals surface area contributed by atoms with Gasteiger partial charge in [-0.15, -0.1) is 0 Å². The highest BCUT2D eigenvalue weighted by Gasteiger charge is 2.26. The van der Waals surface area contributed by atoms with Gasteiger partial charge in [-0.2, -0.15) is 0 Å². The van der Waals surface area contributed by atoms with Crippen molar-refractivity contribution in [3.8, 4) is 0 Å². The summed E-state index contributed by atoms with van der Waals surface area (Å²) in [6, 6.07) is 21.9. The molecule has 3 heteroatoms. The van der Waals surface area contributed by atoms with E-state index < -0.39 is 0 Å². The lowest BCUT2D eigenvalue weighted by Gasteiger charge is -2.32. The van der Waals surface area contributed by atoms with E-state index in [1.54, 1.807) is 0 Å². The van der Waals surface area contributed by atoms with Gasteiger partial charge in [0.1, 0.15) is 0 Å². The van der Waals surface area contributed by atoms with Crippen LogP contribution in [0.5, 0.6) is 0 Å². The quantitative estimate of drug-likeness (QED) is 0.614. The van der Waals surface area contributed by atoms with E-state index >= 15 is 0 Å². The van der Waals surface area contributed by atoms with Crippen molar-refractivity contribution < 1.29 is 4.79 Å². The van der Waals surface area contributed by atoms with Crippen molar-refractivity contribution in [1.29, 1.82) is 0 Å². The molecular weight excluding hydrogens is 332 g/mol. The Bertz CT molecular complexity index is 641. The van der Waals surface area contributed by atoms with E-state index in [1.807, 2.05) is 0 Å². The summed E-state index contributed by atoms with van der Waals surface area (Å²) in [7, 11) is 0. The third-order valence-electron chi connectivity index (χ3n) is 5.23. The van der Waals surface area contributed by atoms with Gasteiger partial charge in [0.15, 0.2) is 0 Å². The smallest absolute Gasteiger partial charge is 0.221 e. The number of nitrogens with one attached hydrogen (secondary N) is 1. The van der Waals surface area contributed by atoms with Gasteiger partial charge in [0.2, 0.25) is 5.91 Å². The SMILES string of the molecule is CCCCC(CC(=O)NC1CC1)N(Cc1ccccc1)Cc1ccccc1. The van der Waals surface area contributed by atoms with Crippen molar-refractivity contribution in [3.63, 3.8) is 0 Å². The highest BCUT2D eigenvalue weighted by molar-refractivity contribution is 5.77.